The first-order chi connectivity index (χ1) is 12.4. The number of halogens is 1. The Morgan fingerprint density at radius 1 is 1.04 bits per heavy atom. The highest BCUT2D eigenvalue weighted by Crippen LogP contribution is 2.21. The summed E-state index contributed by atoms with van der Waals surface area (Å²) in [5, 5.41) is 0.372. The highest BCUT2D eigenvalue weighted by atomic mass is 35.5. The van der Waals surface area contributed by atoms with Crippen LogP contribution in [-0.2, 0) is 10.0 Å². The fraction of sp³-hybridized carbons (Fsp3) is 0.250. The summed E-state index contributed by atoms with van der Waals surface area (Å²) in [5.41, 5.74) is 4.92. The summed E-state index contributed by atoms with van der Waals surface area (Å²) in [6.45, 7) is 1.03. The summed E-state index contributed by atoms with van der Waals surface area (Å²) < 4.78 is 26.3. The van der Waals surface area contributed by atoms with E-state index in [4.69, 9.17) is 11.6 Å². The zero-order valence-electron chi connectivity index (χ0n) is 13.7. The Kier molecular flexibility index (Phi) is 5.30. The smallest absolute Gasteiger partial charge is 0.286 e. The van der Waals surface area contributed by atoms with Crippen LogP contribution in [0.4, 0.5) is 0 Å². The molecule has 1 aromatic carbocycles. The Morgan fingerprint density at radius 2 is 1.65 bits per heavy atom. The molecule has 0 spiro atoms. The quantitative estimate of drug-likeness (QED) is 0.680. The zero-order chi connectivity index (χ0) is 18.7. The van der Waals surface area contributed by atoms with Crippen LogP contribution in [0.15, 0.2) is 41.4 Å². The van der Waals surface area contributed by atoms with Gasteiger partial charge in [0.2, 0.25) is 10.0 Å². The van der Waals surface area contributed by atoms with E-state index in [1.807, 2.05) is 0 Å². The summed E-state index contributed by atoms with van der Waals surface area (Å²) in [5.74, 6) is -1.13. The second kappa shape index (κ2) is 7.48. The average Bonchev–Trinajstić information content (AvgIpc) is 3.31. The van der Waals surface area contributed by atoms with Crippen LogP contribution in [0.3, 0.4) is 0 Å². The molecule has 8 nitrogen and oxygen atoms in total. The fourth-order valence-corrected chi connectivity index (χ4v) is 4.29. The molecule has 1 aliphatic rings. The van der Waals surface area contributed by atoms with Gasteiger partial charge in [-0.05, 0) is 43.2 Å². The topological polar surface area (TPSA) is 111 Å². The van der Waals surface area contributed by atoms with Crippen LogP contribution in [0, 0.1) is 0 Å². The van der Waals surface area contributed by atoms with Crippen LogP contribution in [0.1, 0.15) is 33.7 Å². The number of nitrogens with zero attached hydrogens (tertiary/aromatic N) is 1. The molecule has 0 radical (unpaired) electrons. The summed E-state index contributed by atoms with van der Waals surface area (Å²) >= 11 is 5.71. The third-order valence-electron chi connectivity index (χ3n) is 4.00. The number of nitrogens with one attached hydrogen (secondary N) is 3. The van der Waals surface area contributed by atoms with Crippen molar-refractivity contribution in [2.24, 2.45) is 0 Å². The number of rotatable bonds is 4. The molecule has 2 amide bonds. The van der Waals surface area contributed by atoms with Crippen LogP contribution in [0.2, 0.25) is 5.02 Å². The van der Waals surface area contributed by atoms with Crippen molar-refractivity contribution in [1.29, 1.82) is 0 Å². The number of aromatic amines is 1. The third kappa shape index (κ3) is 3.90. The van der Waals surface area contributed by atoms with Gasteiger partial charge in [-0.25, -0.2) is 8.42 Å². The molecule has 1 aromatic heterocycles. The van der Waals surface area contributed by atoms with E-state index in [-0.39, 0.29) is 16.2 Å². The number of carbonyl (C=O) groups is 2. The minimum atomic E-state index is -3.53. The highest BCUT2D eigenvalue weighted by molar-refractivity contribution is 7.89. The lowest BCUT2D eigenvalue weighted by atomic mass is 10.2. The first-order valence-corrected chi connectivity index (χ1v) is 9.74. The molecule has 2 heterocycles. The standard InChI is InChI=1S/C16H17ClN4O4S/c17-12-9-14(18-10-12)16(23)20-19-15(22)11-3-5-13(6-4-11)26(24,25)21-7-1-2-8-21/h3-6,9-10,18H,1-2,7-8H2,(H,19,22)(H,20,23). The molecular weight excluding hydrogens is 380 g/mol. The normalized spacial score (nSPS) is 15.0. The van der Waals surface area contributed by atoms with E-state index in [2.05, 4.69) is 15.8 Å². The monoisotopic (exact) mass is 396 g/mol. The van der Waals surface area contributed by atoms with E-state index in [0.717, 1.165) is 12.8 Å². The first-order valence-electron chi connectivity index (χ1n) is 7.93. The molecule has 1 aliphatic heterocycles. The molecule has 1 saturated heterocycles. The van der Waals surface area contributed by atoms with Crippen LogP contribution in [0.25, 0.3) is 0 Å². The third-order valence-corrected chi connectivity index (χ3v) is 6.13. The fourth-order valence-electron chi connectivity index (χ4n) is 2.61. The molecule has 3 rings (SSSR count). The van der Waals surface area contributed by atoms with Crippen LogP contribution in [-0.4, -0.2) is 42.6 Å². The molecule has 0 aliphatic carbocycles. The average molecular weight is 397 g/mol. The van der Waals surface area contributed by atoms with Gasteiger partial charge in [-0.2, -0.15) is 4.31 Å². The van der Waals surface area contributed by atoms with Gasteiger partial charge in [0, 0.05) is 24.8 Å². The summed E-state index contributed by atoms with van der Waals surface area (Å²) in [7, 11) is -3.53. The molecule has 0 atom stereocenters. The van der Waals surface area contributed by atoms with Gasteiger partial charge in [0.1, 0.15) is 5.69 Å². The van der Waals surface area contributed by atoms with E-state index >= 15 is 0 Å². The molecule has 3 N–H and O–H groups in total. The van der Waals surface area contributed by atoms with E-state index in [0.29, 0.717) is 18.1 Å². The van der Waals surface area contributed by atoms with E-state index < -0.39 is 21.8 Å². The van der Waals surface area contributed by atoms with Gasteiger partial charge in [-0.3, -0.25) is 20.4 Å². The largest absolute Gasteiger partial charge is 0.356 e. The first kappa shape index (κ1) is 18.4. The summed E-state index contributed by atoms with van der Waals surface area (Å²) in [6, 6.07) is 6.98. The Morgan fingerprint density at radius 3 is 2.23 bits per heavy atom. The number of hydrazine groups is 1. The van der Waals surface area contributed by atoms with E-state index in [1.165, 1.54) is 40.8 Å². The molecule has 0 bridgehead atoms. The van der Waals surface area contributed by atoms with Crippen molar-refractivity contribution in [2.75, 3.05) is 13.1 Å². The molecule has 26 heavy (non-hydrogen) atoms. The molecular formula is C16H17ClN4O4S. The Hall–Kier alpha value is -2.36. The maximum Gasteiger partial charge on any atom is 0.286 e. The predicted octanol–water partition coefficient (Wildman–Crippen LogP) is 1.53. The number of hydrogen-bond acceptors (Lipinski definition) is 4. The molecule has 0 unspecified atom stereocenters. The second-order valence-corrected chi connectivity index (χ2v) is 8.15. The summed E-state index contributed by atoms with van der Waals surface area (Å²) in [6.07, 6.45) is 3.15. The van der Waals surface area contributed by atoms with Crippen LogP contribution in [0.5, 0.6) is 0 Å². The van der Waals surface area contributed by atoms with Gasteiger partial charge >= 0.3 is 0 Å². The molecule has 2 aromatic rings. The van der Waals surface area contributed by atoms with Crippen molar-refractivity contribution in [3.63, 3.8) is 0 Å². The van der Waals surface area contributed by atoms with Gasteiger partial charge in [0.15, 0.2) is 0 Å². The van der Waals surface area contributed by atoms with Crippen LogP contribution >= 0.6 is 11.6 Å². The number of aromatic nitrogens is 1. The number of benzene rings is 1. The number of amides is 2. The van der Waals surface area contributed by atoms with Gasteiger partial charge in [0.25, 0.3) is 11.8 Å². The lowest BCUT2D eigenvalue weighted by molar-refractivity contribution is 0.0844. The second-order valence-electron chi connectivity index (χ2n) is 5.78. The Labute approximate surface area is 155 Å². The van der Waals surface area contributed by atoms with Gasteiger partial charge in [0.05, 0.1) is 9.92 Å². The lowest BCUT2D eigenvalue weighted by Crippen LogP contribution is -2.41. The number of sulfonamides is 1. The van der Waals surface area contributed by atoms with Crippen molar-refractivity contribution in [3.8, 4) is 0 Å². The van der Waals surface area contributed by atoms with Gasteiger partial charge in [-0.15, -0.1) is 0 Å². The van der Waals surface area contributed by atoms with Crippen molar-refractivity contribution < 1.29 is 18.0 Å². The SMILES string of the molecule is O=C(NNC(=O)c1cc(Cl)c[nH]1)c1ccc(S(=O)(=O)N2CCCC2)cc1. The van der Waals surface area contributed by atoms with Crippen molar-refractivity contribution in [2.45, 2.75) is 17.7 Å². The number of carbonyl (C=O) groups excluding carboxylic acids is 2. The highest BCUT2D eigenvalue weighted by Gasteiger charge is 2.27. The van der Waals surface area contributed by atoms with Gasteiger partial charge in [-0.1, -0.05) is 11.6 Å². The van der Waals surface area contributed by atoms with E-state index in [9.17, 15) is 18.0 Å². The minimum absolute atomic E-state index is 0.140. The van der Waals surface area contributed by atoms with Crippen molar-refractivity contribution in [3.05, 3.63) is 52.8 Å². The molecule has 138 valence electrons. The molecule has 0 saturated carbocycles. The maximum atomic E-state index is 12.4. The zero-order valence-corrected chi connectivity index (χ0v) is 15.2. The number of H-pyrrole nitrogens is 1. The van der Waals surface area contributed by atoms with Crippen molar-refractivity contribution in [1.82, 2.24) is 20.1 Å². The Balaban J connectivity index is 1.62. The lowest BCUT2D eigenvalue weighted by Gasteiger charge is -2.15. The van der Waals surface area contributed by atoms with E-state index in [1.54, 1.807) is 0 Å². The van der Waals surface area contributed by atoms with Crippen LogP contribution < -0.4 is 10.9 Å². The number of hydrogen-bond donors (Lipinski definition) is 3. The predicted molar refractivity (Wildman–Crippen MR) is 95.2 cm³/mol. The van der Waals surface area contributed by atoms with Gasteiger partial charge < -0.3 is 4.98 Å². The van der Waals surface area contributed by atoms with Crippen molar-refractivity contribution >= 4 is 33.4 Å². The Bertz CT molecular complexity index is 918. The molecule has 10 heteroatoms. The summed E-state index contributed by atoms with van der Waals surface area (Å²) in [4.78, 5) is 26.7. The minimum Gasteiger partial charge on any atom is -0.356 e. The molecule has 1 fully saturated rings. The maximum absolute atomic E-state index is 12.4.